The first-order valence-corrected chi connectivity index (χ1v) is 7.17. The number of anilines is 1. The second-order valence-corrected chi connectivity index (χ2v) is 5.18. The number of aliphatic hydroxyl groups is 1. The number of hydrogen-bond acceptors (Lipinski definition) is 4. The zero-order valence-electron chi connectivity index (χ0n) is 12.6. The van der Waals surface area contributed by atoms with Crippen molar-refractivity contribution in [2.45, 2.75) is 32.7 Å². The molecule has 0 aliphatic carbocycles. The zero-order valence-corrected chi connectivity index (χ0v) is 12.6. The third-order valence-electron chi connectivity index (χ3n) is 3.65. The summed E-state index contributed by atoms with van der Waals surface area (Å²) in [6.45, 7) is 4.01. The molecule has 0 aromatic heterocycles. The fourth-order valence-electron chi connectivity index (χ4n) is 2.52. The van der Waals surface area contributed by atoms with Crippen molar-refractivity contribution in [3.8, 4) is 5.75 Å². The maximum atomic E-state index is 12.9. The summed E-state index contributed by atoms with van der Waals surface area (Å²) in [4.78, 5) is 1.64. The van der Waals surface area contributed by atoms with E-state index in [1.165, 1.54) is 0 Å². The van der Waals surface area contributed by atoms with Crippen molar-refractivity contribution in [3.05, 3.63) is 23.3 Å². The van der Waals surface area contributed by atoms with Crippen molar-refractivity contribution in [1.82, 2.24) is 0 Å². The monoisotopic (exact) mass is 319 g/mol. The van der Waals surface area contributed by atoms with Crippen molar-refractivity contribution >= 4 is 5.69 Å². The predicted octanol–water partition coefficient (Wildman–Crippen LogP) is 2.65. The van der Waals surface area contributed by atoms with E-state index in [0.717, 1.165) is 5.56 Å². The van der Waals surface area contributed by atoms with Gasteiger partial charge in [0.1, 0.15) is 5.75 Å². The van der Waals surface area contributed by atoms with E-state index in [1.807, 2.05) is 6.92 Å². The molecule has 7 heteroatoms. The number of hydrogen-bond donors (Lipinski definition) is 1. The SMILES string of the molecule is CCOc1cc(CO)cc(N2CCOC(C(F)(F)F)C2)c1C. The van der Waals surface area contributed by atoms with Crippen molar-refractivity contribution in [1.29, 1.82) is 0 Å². The lowest BCUT2D eigenvalue weighted by molar-refractivity contribution is -0.221. The molecule has 1 aromatic rings. The number of ether oxygens (including phenoxy) is 2. The molecular weight excluding hydrogens is 299 g/mol. The number of rotatable bonds is 4. The van der Waals surface area contributed by atoms with E-state index in [1.54, 1.807) is 24.0 Å². The lowest BCUT2D eigenvalue weighted by Gasteiger charge is -2.36. The number of halogens is 3. The number of benzene rings is 1. The van der Waals surface area contributed by atoms with E-state index in [-0.39, 0.29) is 19.8 Å². The topological polar surface area (TPSA) is 41.9 Å². The average Bonchev–Trinajstić information content (AvgIpc) is 2.49. The Bertz CT molecular complexity index is 519. The first kappa shape index (κ1) is 16.9. The Balaban J connectivity index is 2.32. The second-order valence-electron chi connectivity index (χ2n) is 5.18. The van der Waals surface area contributed by atoms with E-state index in [0.29, 0.717) is 30.2 Å². The van der Waals surface area contributed by atoms with Gasteiger partial charge in [0.2, 0.25) is 0 Å². The lowest BCUT2D eigenvalue weighted by atomic mass is 10.1. The molecule has 4 nitrogen and oxygen atoms in total. The number of morpholine rings is 1. The first-order chi connectivity index (χ1) is 10.4. The molecule has 1 aliphatic rings. The van der Waals surface area contributed by atoms with Gasteiger partial charge in [0.15, 0.2) is 6.10 Å². The molecule has 1 aliphatic heterocycles. The van der Waals surface area contributed by atoms with Crippen molar-refractivity contribution in [2.75, 3.05) is 31.2 Å². The summed E-state index contributed by atoms with van der Waals surface area (Å²) in [6, 6.07) is 3.42. The Labute approximate surface area is 127 Å². The van der Waals surface area contributed by atoms with Crippen LogP contribution in [0.5, 0.6) is 5.75 Å². The van der Waals surface area contributed by atoms with Gasteiger partial charge in [-0.1, -0.05) is 0 Å². The highest BCUT2D eigenvalue weighted by Gasteiger charge is 2.43. The van der Waals surface area contributed by atoms with Gasteiger partial charge in [0, 0.05) is 17.8 Å². The molecular formula is C15H20F3NO3. The van der Waals surface area contributed by atoms with E-state index in [2.05, 4.69) is 0 Å². The van der Waals surface area contributed by atoms with Crippen molar-refractivity contribution < 1.29 is 27.8 Å². The number of nitrogens with zero attached hydrogens (tertiary/aromatic N) is 1. The molecule has 1 fully saturated rings. The van der Waals surface area contributed by atoms with Crippen LogP contribution in [0.2, 0.25) is 0 Å². The summed E-state index contributed by atoms with van der Waals surface area (Å²) in [7, 11) is 0. The molecule has 1 unspecified atom stereocenters. The Morgan fingerprint density at radius 3 is 2.73 bits per heavy atom. The van der Waals surface area contributed by atoms with Gasteiger partial charge >= 0.3 is 6.18 Å². The highest BCUT2D eigenvalue weighted by Crippen LogP contribution is 2.34. The van der Waals surface area contributed by atoms with Gasteiger partial charge in [-0.15, -0.1) is 0 Å². The van der Waals surface area contributed by atoms with Crippen LogP contribution in [-0.4, -0.2) is 43.7 Å². The van der Waals surface area contributed by atoms with Crippen LogP contribution in [0, 0.1) is 6.92 Å². The van der Waals surface area contributed by atoms with Crippen LogP contribution in [0.25, 0.3) is 0 Å². The van der Waals surface area contributed by atoms with Gasteiger partial charge in [0.05, 0.1) is 26.4 Å². The van der Waals surface area contributed by atoms with Gasteiger partial charge in [0.25, 0.3) is 0 Å². The minimum atomic E-state index is -4.39. The average molecular weight is 319 g/mol. The van der Waals surface area contributed by atoms with Crippen LogP contribution in [0.15, 0.2) is 12.1 Å². The Morgan fingerprint density at radius 1 is 1.41 bits per heavy atom. The normalized spacial score (nSPS) is 19.4. The molecule has 124 valence electrons. The van der Waals surface area contributed by atoms with E-state index >= 15 is 0 Å². The van der Waals surface area contributed by atoms with Crippen LogP contribution in [0.1, 0.15) is 18.1 Å². The van der Waals surface area contributed by atoms with Crippen LogP contribution in [0.3, 0.4) is 0 Å². The minimum Gasteiger partial charge on any atom is -0.494 e. The maximum absolute atomic E-state index is 12.9. The quantitative estimate of drug-likeness (QED) is 0.926. The highest BCUT2D eigenvalue weighted by atomic mass is 19.4. The molecule has 0 saturated carbocycles. The summed E-state index contributed by atoms with van der Waals surface area (Å²) in [5.41, 5.74) is 2.02. The summed E-state index contributed by atoms with van der Waals surface area (Å²) in [6.07, 6.45) is -6.18. The van der Waals surface area contributed by atoms with E-state index in [9.17, 15) is 18.3 Å². The van der Waals surface area contributed by atoms with Crippen LogP contribution in [-0.2, 0) is 11.3 Å². The smallest absolute Gasteiger partial charge is 0.416 e. The van der Waals surface area contributed by atoms with Gasteiger partial charge in [-0.25, -0.2) is 0 Å². The Kier molecular flexibility index (Phi) is 5.18. The third-order valence-corrected chi connectivity index (χ3v) is 3.65. The first-order valence-electron chi connectivity index (χ1n) is 7.17. The van der Waals surface area contributed by atoms with Gasteiger partial charge in [-0.05, 0) is 31.5 Å². The van der Waals surface area contributed by atoms with Crippen molar-refractivity contribution in [3.63, 3.8) is 0 Å². The van der Waals surface area contributed by atoms with Gasteiger partial charge < -0.3 is 19.5 Å². The van der Waals surface area contributed by atoms with E-state index in [4.69, 9.17) is 9.47 Å². The summed E-state index contributed by atoms with van der Waals surface area (Å²) < 4.78 is 48.9. The van der Waals surface area contributed by atoms with Crippen molar-refractivity contribution in [2.24, 2.45) is 0 Å². The Morgan fingerprint density at radius 2 is 2.14 bits per heavy atom. The van der Waals surface area contributed by atoms with Crippen LogP contribution in [0.4, 0.5) is 18.9 Å². The molecule has 1 atom stereocenters. The second kappa shape index (κ2) is 6.75. The molecule has 0 spiro atoms. The Hall–Kier alpha value is -1.47. The van der Waals surface area contributed by atoms with Crippen LogP contribution < -0.4 is 9.64 Å². The largest absolute Gasteiger partial charge is 0.494 e. The summed E-state index contributed by atoms with van der Waals surface area (Å²) in [5.74, 6) is 0.583. The van der Waals surface area contributed by atoms with Gasteiger partial charge in [-0.2, -0.15) is 13.2 Å². The molecule has 1 heterocycles. The maximum Gasteiger partial charge on any atom is 0.416 e. The molecule has 0 bridgehead atoms. The number of alkyl halides is 3. The molecule has 22 heavy (non-hydrogen) atoms. The molecule has 1 N–H and O–H groups in total. The zero-order chi connectivity index (χ0) is 16.3. The lowest BCUT2D eigenvalue weighted by Crippen LogP contribution is -2.49. The minimum absolute atomic E-state index is 0.0109. The molecule has 1 saturated heterocycles. The molecule has 2 rings (SSSR count). The standard InChI is InChI=1S/C15H20F3NO3/c1-3-21-13-7-11(9-20)6-12(10(13)2)19-4-5-22-14(8-19)15(16,17)18/h6-7,14,20H,3-5,8-9H2,1-2H3. The molecule has 0 amide bonds. The van der Waals surface area contributed by atoms with E-state index < -0.39 is 12.3 Å². The molecule has 0 radical (unpaired) electrons. The van der Waals surface area contributed by atoms with Gasteiger partial charge in [-0.3, -0.25) is 0 Å². The number of aliphatic hydroxyl groups excluding tert-OH is 1. The third kappa shape index (κ3) is 3.64. The summed E-state index contributed by atoms with van der Waals surface area (Å²) in [5, 5.41) is 9.35. The predicted molar refractivity (Wildman–Crippen MR) is 76.3 cm³/mol. The molecule has 1 aromatic carbocycles. The summed E-state index contributed by atoms with van der Waals surface area (Å²) >= 11 is 0. The fourth-order valence-corrected chi connectivity index (χ4v) is 2.52. The highest BCUT2D eigenvalue weighted by molar-refractivity contribution is 5.61. The fraction of sp³-hybridized carbons (Fsp3) is 0.600. The van der Waals surface area contributed by atoms with Crippen LogP contribution >= 0.6 is 0 Å².